The van der Waals surface area contributed by atoms with Gasteiger partial charge in [-0.05, 0) is 36.1 Å². The normalized spacial score (nSPS) is 13.5. The lowest BCUT2D eigenvalue weighted by Crippen LogP contribution is -2.47. The van der Waals surface area contributed by atoms with Gasteiger partial charge in [-0.1, -0.05) is 48.5 Å². The SMILES string of the molecule is CC(C)(C(=O)NCC(O)C(=O)O)n1cc(NC(=O)OCC2c3ccccc3-c3ccccc32)cn1. The van der Waals surface area contributed by atoms with Crippen molar-refractivity contribution < 1.29 is 29.3 Å². The van der Waals surface area contributed by atoms with Crippen molar-refractivity contribution in [1.82, 2.24) is 15.1 Å². The Hall–Kier alpha value is -4.18. The number of carboxylic acids is 1. The van der Waals surface area contributed by atoms with Crippen LogP contribution < -0.4 is 10.6 Å². The van der Waals surface area contributed by atoms with E-state index < -0.39 is 36.2 Å². The van der Waals surface area contributed by atoms with Crippen LogP contribution in [0, 0.1) is 0 Å². The number of aliphatic hydroxyl groups excluding tert-OH is 1. The molecule has 1 aromatic heterocycles. The van der Waals surface area contributed by atoms with E-state index in [1.54, 1.807) is 13.8 Å². The largest absolute Gasteiger partial charge is 0.479 e. The maximum atomic E-state index is 12.5. The second kappa shape index (κ2) is 9.59. The maximum absolute atomic E-state index is 12.5. The van der Waals surface area contributed by atoms with Crippen molar-refractivity contribution in [3.8, 4) is 11.1 Å². The predicted molar refractivity (Wildman–Crippen MR) is 127 cm³/mol. The topological polar surface area (TPSA) is 143 Å². The van der Waals surface area contributed by atoms with Gasteiger partial charge in [0.1, 0.15) is 12.1 Å². The van der Waals surface area contributed by atoms with Crippen molar-refractivity contribution in [1.29, 1.82) is 0 Å². The van der Waals surface area contributed by atoms with E-state index in [-0.39, 0.29) is 12.5 Å². The van der Waals surface area contributed by atoms with Crippen molar-refractivity contribution >= 4 is 23.7 Å². The zero-order valence-corrected chi connectivity index (χ0v) is 19.3. The number of rotatable bonds is 8. The van der Waals surface area contributed by atoms with Gasteiger partial charge in [-0.3, -0.25) is 14.8 Å². The first-order chi connectivity index (χ1) is 16.7. The van der Waals surface area contributed by atoms with E-state index in [9.17, 15) is 19.5 Å². The summed E-state index contributed by atoms with van der Waals surface area (Å²) in [5.41, 5.74) is 3.60. The summed E-state index contributed by atoms with van der Waals surface area (Å²) in [6.45, 7) is 2.86. The van der Waals surface area contributed by atoms with Gasteiger partial charge in [0.2, 0.25) is 5.91 Å². The molecule has 2 amide bonds. The lowest BCUT2D eigenvalue weighted by atomic mass is 9.98. The predicted octanol–water partition coefficient (Wildman–Crippen LogP) is 2.54. The van der Waals surface area contributed by atoms with E-state index in [0.717, 1.165) is 22.3 Å². The molecule has 1 heterocycles. The second-order valence-corrected chi connectivity index (χ2v) is 8.75. The molecule has 4 N–H and O–H groups in total. The van der Waals surface area contributed by atoms with Crippen LogP contribution in [-0.2, 0) is 19.9 Å². The van der Waals surface area contributed by atoms with E-state index in [2.05, 4.69) is 27.9 Å². The Morgan fingerprint density at radius 2 is 1.69 bits per heavy atom. The van der Waals surface area contributed by atoms with E-state index in [4.69, 9.17) is 9.84 Å². The molecule has 4 rings (SSSR count). The number of fused-ring (bicyclic) bond motifs is 3. The number of aromatic nitrogens is 2. The minimum absolute atomic E-state index is 0.0698. The van der Waals surface area contributed by atoms with Gasteiger partial charge in [-0.2, -0.15) is 5.10 Å². The molecule has 10 nitrogen and oxygen atoms in total. The van der Waals surface area contributed by atoms with Crippen molar-refractivity contribution in [2.24, 2.45) is 0 Å². The van der Waals surface area contributed by atoms with Gasteiger partial charge >= 0.3 is 12.1 Å². The number of benzene rings is 2. The smallest absolute Gasteiger partial charge is 0.411 e. The number of anilines is 1. The first kappa shape index (κ1) is 24.0. The Labute approximate surface area is 201 Å². The molecule has 1 atom stereocenters. The summed E-state index contributed by atoms with van der Waals surface area (Å²) in [5, 5.41) is 27.2. The van der Waals surface area contributed by atoms with Crippen LogP contribution in [0.15, 0.2) is 60.9 Å². The molecule has 3 aromatic rings. The molecule has 0 radical (unpaired) electrons. The minimum Gasteiger partial charge on any atom is -0.479 e. The molecule has 0 spiro atoms. The van der Waals surface area contributed by atoms with Gasteiger partial charge in [-0.15, -0.1) is 0 Å². The Morgan fingerprint density at radius 3 is 2.29 bits per heavy atom. The quantitative estimate of drug-likeness (QED) is 0.390. The fourth-order valence-corrected chi connectivity index (χ4v) is 4.04. The van der Waals surface area contributed by atoms with E-state index in [1.165, 1.54) is 17.1 Å². The van der Waals surface area contributed by atoms with Gasteiger partial charge < -0.3 is 20.3 Å². The van der Waals surface area contributed by atoms with Crippen molar-refractivity contribution in [2.75, 3.05) is 18.5 Å². The number of hydrogen-bond acceptors (Lipinski definition) is 6. The third-order valence-electron chi connectivity index (χ3n) is 6.04. The summed E-state index contributed by atoms with van der Waals surface area (Å²) in [6.07, 6.45) is 0.480. The number of nitrogens with zero attached hydrogens (tertiary/aromatic N) is 2. The van der Waals surface area contributed by atoms with E-state index >= 15 is 0 Å². The molecule has 1 aliphatic rings. The van der Waals surface area contributed by atoms with Crippen LogP contribution in [0.1, 0.15) is 30.9 Å². The molecule has 1 unspecified atom stereocenters. The van der Waals surface area contributed by atoms with Crippen LogP contribution in [0.5, 0.6) is 0 Å². The van der Waals surface area contributed by atoms with Gasteiger partial charge in [0, 0.05) is 12.1 Å². The lowest BCUT2D eigenvalue weighted by Gasteiger charge is -2.24. The number of nitrogens with one attached hydrogen (secondary N) is 2. The zero-order valence-electron chi connectivity index (χ0n) is 19.3. The van der Waals surface area contributed by atoms with Crippen molar-refractivity contribution in [2.45, 2.75) is 31.4 Å². The monoisotopic (exact) mass is 478 g/mol. The van der Waals surface area contributed by atoms with Crippen LogP contribution in [0.25, 0.3) is 11.1 Å². The molecule has 0 aliphatic heterocycles. The summed E-state index contributed by atoms with van der Waals surface area (Å²) in [7, 11) is 0. The fraction of sp³-hybridized carbons (Fsp3) is 0.280. The fourth-order valence-electron chi connectivity index (χ4n) is 4.04. The summed E-state index contributed by atoms with van der Waals surface area (Å²) in [5.74, 6) is -2.05. The Morgan fingerprint density at radius 1 is 1.09 bits per heavy atom. The van der Waals surface area contributed by atoms with Gasteiger partial charge in [0.15, 0.2) is 6.10 Å². The number of aliphatic hydroxyl groups is 1. The molecule has 0 saturated carbocycles. The third-order valence-corrected chi connectivity index (χ3v) is 6.04. The average Bonchev–Trinajstić information content (AvgIpc) is 3.44. The summed E-state index contributed by atoms with van der Waals surface area (Å²) < 4.78 is 6.85. The van der Waals surface area contributed by atoms with Crippen LogP contribution in [0.4, 0.5) is 10.5 Å². The highest BCUT2D eigenvalue weighted by molar-refractivity contribution is 5.86. The van der Waals surface area contributed by atoms with Gasteiger partial charge in [0.25, 0.3) is 0 Å². The summed E-state index contributed by atoms with van der Waals surface area (Å²) in [4.78, 5) is 35.7. The number of hydrogen-bond donors (Lipinski definition) is 4. The standard InChI is InChI=1S/C25H26N4O6/c1-25(2,23(33)26-12-21(30)22(31)32)29-13-15(11-27-29)28-24(34)35-14-20-18-9-5-3-7-16(18)17-8-4-6-10-19(17)20/h3-11,13,20-21,30H,12,14H2,1-2H3,(H,26,33)(H,28,34)(H,31,32). The highest BCUT2D eigenvalue weighted by atomic mass is 16.5. The first-order valence-electron chi connectivity index (χ1n) is 11.0. The molecular formula is C25H26N4O6. The Bertz CT molecular complexity index is 1220. The molecule has 0 bridgehead atoms. The van der Waals surface area contributed by atoms with E-state index in [0.29, 0.717) is 5.69 Å². The summed E-state index contributed by atoms with van der Waals surface area (Å²) >= 11 is 0. The molecule has 182 valence electrons. The number of carboxylic acid groups (broad SMARTS) is 1. The second-order valence-electron chi connectivity index (χ2n) is 8.75. The molecule has 10 heteroatoms. The third kappa shape index (κ3) is 4.87. The molecule has 2 aromatic carbocycles. The zero-order chi connectivity index (χ0) is 25.2. The van der Waals surface area contributed by atoms with Crippen molar-refractivity contribution in [3.05, 3.63) is 72.1 Å². The number of aliphatic carboxylic acids is 1. The Kier molecular flexibility index (Phi) is 6.57. The molecule has 0 fully saturated rings. The number of carbonyl (C=O) groups excluding carboxylic acids is 2. The molecular weight excluding hydrogens is 452 g/mol. The van der Waals surface area contributed by atoms with Gasteiger partial charge in [-0.25, -0.2) is 9.59 Å². The van der Waals surface area contributed by atoms with E-state index in [1.807, 2.05) is 36.4 Å². The highest BCUT2D eigenvalue weighted by Gasteiger charge is 2.32. The maximum Gasteiger partial charge on any atom is 0.411 e. The molecule has 1 aliphatic carbocycles. The summed E-state index contributed by atoms with van der Waals surface area (Å²) in [6, 6.07) is 16.1. The Balaban J connectivity index is 1.37. The molecule has 35 heavy (non-hydrogen) atoms. The van der Waals surface area contributed by atoms with Gasteiger partial charge in [0.05, 0.1) is 18.4 Å². The first-order valence-corrected chi connectivity index (χ1v) is 11.0. The minimum atomic E-state index is -1.71. The number of amides is 2. The number of ether oxygens (including phenoxy) is 1. The molecule has 0 saturated heterocycles. The van der Waals surface area contributed by atoms with Crippen LogP contribution in [-0.4, -0.2) is 57.2 Å². The average molecular weight is 479 g/mol. The van der Waals surface area contributed by atoms with Crippen molar-refractivity contribution in [3.63, 3.8) is 0 Å². The van der Waals surface area contributed by atoms with Crippen LogP contribution in [0.2, 0.25) is 0 Å². The lowest BCUT2D eigenvalue weighted by molar-refractivity contribution is -0.146. The van der Waals surface area contributed by atoms with Crippen LogP contribution >= 0.6 is 0 Å². The highest BCUT2D eigenvalue weighted by Crippen LogP contribution is 2.44. The van der Waals surface area contributed by atoms with Crippen LogP contribution in [0.3, 0.4) is 0 Å². The number of carbonyl (C=O) groups is 3.